The summed E-state index contributed by atoms with van der Waals surface area (Å²) in [6.07, 6.45) is 1.27. The van der Waals surface area contributed by atoms with Gasteiger partial charge in [-0.25, -0.2) is 0 Å². The summed E-state index contributed by atoms with van der Waals surface area (Å²) in [5.41, 5.74) is 1.31. The van der Waals surface area contributed by atoms with Crippen molar-refractivity contribution in [1.82, 2.24) is 5.32 Å². The van der Waals surface area contributed by atoms with Gasteiger partial charge in [0.15, 0.2) is 0 Å². The van der Waals surface area contributed by atoms with Gasteiger partial charge in [0.1, 0.15) is 0 Å². The molecule has 1 aliphatic heterocycles. The van der Waals surface area contributed by atoms with Gasteiger partial charge in [-0.2, -0.15) is 11.8 Å². The third kappa shape index (κ3) is 2.66. The lowest BCUT2D eigenvalue weighted by Gasteiger charge is -2.15. The Kier molecular flexibility index (Phi) is 3.74. The van der Waals surface area contributed by atoms with E-state index >= 15 is 0 Å². The molecule has 2 rings (SSSR count). The second-order valence-electron chi connectivity index (χ2n) is 3.49. The quantitative estimate of drug-likeness (QED) is 0.792. The van der Waals surface area contributed by atoms with Gasteiger partial charge in [0.25, 0.3) is 0 Å². The van der Waals surface area contributed by atoms with Crippen LogP contribution in [0.5, 0.6) is 0 Å². The highest BCUT2D eigenvalue weighted by atomic mass is 35.5. The summed E-state index contributed by atoms with van der Waals surface area (Å²) in [7, 11) is 0. The molecule has 1 aromatic carbocycles. The van der Waals surface area contributed by atoms with E-state index in [-0.39, 0.29) is 0 Å². The number of halogens is 1. The van der Waals surface area contributed by atoms with Crippen molar-refractivity contribution in [2.75, 3.05) is 18.1 Å². The zero-order chi connectivity index (χ0) is 9.80. The Hall–Kier alpha value is -0.180. The molecule has 0 aliphatic carbocycles. The standard InChI is InChI=1S/C11H14ClNS/c12-10-4-1-3-9(7-10)11-8-14-6-2-5-13-11/h1,3-4,7,11,13H,2,5-6,8H2. The molecule has 1 N–H and O–H groups in total. The van der Waals surface area contributed by atoms with E-state index in [0.717, 1.165) is 17.3 Å². The molecular weight excluding hydrogens is 214 g/mol. The fourth-order valence-corrected chi connectivity index (χ4v) is 2.91. The number of hydrogen-bond acceptors (Lipinski definition) is 2. The second-order valence-corrected chi connectivity index (χ2v) is 5.08. The molecule has 1 unspecified atom stereocenters. The Bertz CT molecular complexity index is 295. The van der Waals surface area contributed by atoms with Crippen LogP contribution >= 0.6 is 23.4 Å². The second kappa shape index (κ2) is 5.06. The first-order chi connectivity index (χ1) is 6.86. The molecule has 1 aromatic rings. The smallest absolute Gasteiger partial charge is 0.0412 e. The van der Waals surface area contributed by atoms with Crippen molar-refractivity contribution < 1.29 is 0 Å². The van der Waals surface area contributed by atoms with Gasteiger partial charge in [0, 0.05) is 16.8 Å². The van der Waals surface area contributed by atoms with Crippen molar-refractivity contribution in [3.05, 3.63) is 34.9 Å². The molecule has 1 heterocycles. The molecule has 14 heavy (non-hydrogen) atoms. The van der Waals surface area contributed by atoms with Gasteiger partial charge in [0.2, 0.25) is 0 Å². The predicted molar refractivity (Wildman–Crippen MR) is 64.1 cm³/mol. The van der Waals surface area contributed by atoms with Crippen LogP contribution in [0, 0.1) is 0 Å². The molecule has 0 spiro atoms. The lowest BCUT2D eigenvalue weighted by Crippen LogP contribution is -2.22. The minimum atomic E-state index is 0.473. The summed E-state index contributed by atoms with van der Waals surface area (Å²) >= 11 is 7.99. The maximum Gasteiger partial charge on any atom is 0.0412 e. The zero-order valence-corrected chi connectivity index (χ0v) is 9.57. The van der Waals surface area contributed by atoms with E-state index in [2.05, 4.69) is 17.4 Å². The topological polar surface area (TPSA) is 12.0 Å². The maximum atomic E-state index is 5.97. The van der Waals surface area contributed by atoms with Gasteiger partial charge in [0.05, 0.1) is 0 Å². The Balaban J connectivity index is 2.12. The van der Waals surface area contributed by atoms with Crippen molar-refractivity contribution in [3.8, 4) is 0 Å². The van der Waals surface area contributed by atoms with Crippen LogP contribution < -0.4 is 5.32 Å². The summed E-state index contributed by atoms with van der Waals surface area (Å²) < 4.78 is 0. The van der Waals surface area contributed by atoms with E-state index in [1.165, 1.54) is 17.7 Å². The number of rotatable bonds is 1. The van der Waals surface area contributed by atoms with Crippen LogP contribution in [0.25, 0.3) is 0 Å². The Morgan fingerprint density at radius 3 is 3.21 bits per heavy atom. The molecule has 0 amide bonds. The monoisotopic (exact) mass is 227 g/mol. The van der Waals surface area contributed by atoms with Crippen LogP contribution in [0.4, 0.5) is 0 Å². The van der Waals surface area contributed by atoms with Gasteiger partial charge in [-0.05, 0) is 36.4 Å². The molecular formula is C11H14ClNS. The summed E-state index contributed by atoms with van der Waals surface area (Å²) in [5, 5.41) is 4.38. The van der Waals surface area contributed by atoms with Gasteiger partial charge >= 0.3 is 0 Å². The molecule has 0 radical (unpaired) electrons. The lowest BCUT2D eigenvalue weighted by atomic mass is 10.1. The van der Waals surface area contributed by atoms with Gasteiger partial charge in [-0.3, -0.25) is 0 Å². The Morgan fingerprint density at radius 1 is 1.43 bits per heavy atom. The molecule has 3 heteroatoms. The van der Waals surface area contributed by atoms with Crippen molar-refractivity contribution in [3.63, 3.8) is 0 Å². The predicted octanol–water partition coefficient (Wildman–Crippen LogP) is 3.11. The van der Waals surface area contributed by atoms with E-state index in [9.17, 15) is 0 Å². The molecule has 1 fully saturated rings. The molecule has 1 aliphatic rings. The molecule has 76 valence electrons. The first-order valence-corrected chi connectivity index (χ1v) is 6.46. The lowest BCUT2D eigenvalue weighted by molar-refractivity contribution is 0.590. The summed E-state index contributed by atoms with van der Waals surface area (Å²) in [6, 6.07) is 8.63. The number of nitrogens with one attached hydrogen (secondary N) is 1. The zero-order valence-electron chi connectivity index (χ0n) is 8.00. The molecule has 1 atom stereocenters. The van der Waals surface area contributed by atoms with Crippen LogP contribution in [0.3, 0.4) is 0 Å². The minimum Gasteiger partial charge on any atom is -0.309 e. The number of thioether (sulfide) groups is 1. The van der Waals surface area contributed by atoms with E-state index in [1.54, 1.807) is 0 Å². The van der Waals surface area contributed by atoms with E-state index < -0.39 is 0 Å². The van der Waals surface area contributed by atoms with E-state index in [0.29, 0.717) is 6.04 Å². The van der Waals surface area contributed by atoms with Crippen LogP contribution in [-0.2, 0) is 0 Å². The maximum absolute atomic E-state index is 5.97. The highest BCUT2D eigenvalue weighted by molar-refractivity contribution is 7.99. The SMILES string of the molecule is Clc1cccc(C2CSCCCN2)c1. The number of hydrogen-bond donors (Lipinski definition) is 1. The van der Waals surface area contributed by atoms with Crippen LogP contribution in [0.15, 0.2) is 24.3 Å². The summed E-state index contributed by atoms with van der Waals surface area (Å²) in [5.74, 6) is 2.42. The normalized spacial score (nSPS) is 23.1. The summed E-state index contributed by atoms with van der Waals surface area (Å²) in [6.45, 7) is 1.12. The Labute approximate surface area is 94.2 Å². The molecule has 0 saturated carbocycles. The average molecular weight is 228 g/mol. The van der Waals surface area contributed by atoms with Crippen LogP contribution in [0.2, 0.25) is 5.02 Å². The molecule has 0 aromatic heterocycles. The third-order valence-corrected chi connectivity index (χ3v) is 3.77. The van der Waals surface area contributed by atoms with Gasteiger partial charge in [-0.15, -0.1) is 0 Å². The molecule has 1 saturated heterocycles. The third-order valence-electron chi connectivity index (χ3n) is 2.39. The van der Waals surface area contributed by atoms with Crippen LogP contribution in [0.1, 0.15) is 18.0 Å². The van der Waals surface area contributed by atoms with Gasteiger partial charge < -0.3 is 5.32 Å². The molecule has 1 nitrogen and oxygen atoms in total. The van der Waals surface area contributed by atoms with E-state index in [1.807, 2.05) is 23.9 Å². The fourth-order valence-electron chi connectivity index (χ4n) is 1.65. The first-order valence-electron chi connectivity index (χ1n) is 4.93. The fraction of sp³-hybridized carbons (Fsp3) is 0.455. The average Bonchev–Trinajstić information content (AvgIpc) is 2.45. The largest absolute Gasteiger partial charge is 0.309 e. The highest BCUT2D eigenvalue weighted by Crippen LogP contribution is 2.23. The first kappa shape index (κ1) is 10.3. The van der Waals surface area contributed by atoms with Crippen molar-refractivity contribution in [1.29, 1.82) is 0 Å². The summed E-state index contributed by atoms with van der Waals surface area (Å²) in [4.78, 5) is 0. The minimum absolute atomic E-state index is 0.473. The van der Waals surface area contributed by atoms with E-state index in [4.69, 9.17) is 11.6 Å². The molecule has 0 bridgehead atoms. The van der Waals surface area contributed by atoms with Gasteiger partial charge in [-0.1, -0.05) is 23.7 Å². The van der Waals surface area contributed by atoms with Crippen LogP contribution in [-0.4, -0.2) is 18.1 Å². The van der Waals surface area contributed by atoms with Crippen molar-refractivity contribution in [2.24, 2.45) is 0 Å². The number of benzene rings is 1. The van der Waals surface area contributed by atoms with Crippen molar-refractivity contribution >= 4 is 23.4 Å². The van der Waals surface area contributed by atoms with Crippen molar-refractivity contribution in [2.45, 2.75) is 12.5 Å². The Morgan fingerprint density at radius 2 is 2.36 bits per heavy atom. The highest BCUT2D eigenvalue weighted by Gasteiger charge is 2.13.